The summed E-state index contributed by atoms with van der Waals surface area (Å²) in [6.45, 7) is 9.19. The summed E-state index contributed by atoms with van der Waals surface area (Å²) < 4.78 is 5.42. The van der Waals surface area contributed by atoms with Gasteiger partial charge in [0.25, 0.3) is 0 Å². The summed E-state index contributed by atoms with van der Waals surface area (Å²) in [5, 5.41) is 0.994. The molecule has 0 radical (unpaired) electrons. The Bertz CT molecular complexity index is 1080. The molecule has 0 spiro atoms. The third-order valence-corrected chi connectivity index (χ3v) is 7.80. The molecule has 0 aliphatic carbocycles. The van der Waals surface area contributed by atoms with Crippen molar-refractivity contribution in [2.24, 2.45) is 0 Å². The second-order valence-electron chi connectivity index (χ2n) is 10.0. The van der Waals surface area contributed by atoms with Crippen LogP contribution in [0.1, 0.15) is 36.5 Å². The van der Waals surface area contributed by atoms with Crippen LogP contribution >= 0.6 is 23.2 Å². The smallest absolute Gasteiger partial charge is 0.320 e. The fraction of sp³-hybridized carbons (Fsp3) is 0.481. The van der Waals surface area contributed by atoms with Crippen molar-refractivity contribution in [2.45, 2.75) is 38.1 Å². The van der Waals surface area contributed by atoms with Gasteiger partial charge >= 0.3 is 6.03 Å². The molecule has 2 fully saturated rings. The highest BCUT2D eigenvalue weighted by atomic mass is 35.5. The topological polar surface area (TPSA) is 53.1 Å². The first-order valence-corrected chi connectivity index (χ1v) is 12.8. The van der Waals surface area contributed by atoms with E-state index in [2.05, 4.69) is 19.1 Å². The van der Waals surface area contributed by atoms with Crippen LogP contribution in [0.5, 0.6) is 0 Å². The van der Waals surface area contributed by atoms with E-state index in [9.17, 15) is 9.59 Å². The van der Waals surface area contributed by atoms with Gasteiger partial charge in [-0.3, -0.25) is 4.79 Å². The number of ether oxygens (including phenoxy) is 1. The largest absolute Gasteiger partial charge is 0.378 e. The number of amides is 3. The van der Waals surface area contributed by atoms with E-state index in [4.69, 9.17) is 27.9 Å². The van der Waals surface area contributed by atoms with Gasteiger partial charge in [0.2, 0.25) is 5.91 Å². The molecule has 2 aliphatic heterocycles. The number of nitrogens with zero attached hydrogens (tertiary/aromatic N) is 3. The first-order valence-electron chi connectivity index (χ1n) is 12.0. The van der Waals surface area contributed by atoms with E-state index in [-0.39, 0.29) is 23.9 Å². The van der Waals surface area contributed by atoms with Gasteiger partial charge in [-0.15, -0.1) is 0 Å². The van der Waals surface area contributed by atoms with E-state index < -0.39 is 5.41 Å². The number of urea groups is 1. The quantitative estimate of drug-likeness (QED) is 0.575. The van der Waals surface area contributed by atoms with Crippen LogP contribution in [0.15, 0.2) is 42.5 Å². The van der Waals surface area contributed by atoms with Crippen molar-refractivity contribution in [1.82, 2.24) is 14.7 Å². The number of benzene rings is 2. The number of likely N-dealkylation sites (tertiary alicyclic amines) is 1. The Morgan fingerprint density at radius 1 is 1.00 bits per heavy atom. The molecule has 8 heteroatoms. The lowest BCUT2D eigenvalue weighted by Gasteiger charge is -2.36. The minimum Gasteiger partial charge on any atom is -0.378 e. The van der Waals surface area contributed by atoms with Gasteiger partial charge in [0, 0.05) is 49.2 Å². The molecule has 0 unspecified atom stereocenters. The summed E-state index contributed by atoms with van der Waals surface area (Å²) in [6, 6.07) is 13.3. The van der Waals surface area contributed by atoms with E-state index in [0.717, 1.165) is 16.7 Å². The lowest BCUT2D eigenvalue weighted by molar-refractivity contribution is -0.137. The van der Waals surface area contributed by atoms with Gasteiger partial charge in [-0.05, 0) is 55.7 Å². The number of hydrogen-bond donors (Lipinski definition) is 0. The predicted molar refractivity (Wildman–Crippen MR) is 139 cm³/mol. The first-order chi connectivity index (χ1) is 16.6. The van der Waals surface area contributed by atoms with Crippen LogP contribution in [0.3, 0.4) is 0 Å². The number of rotatable bonds is 4. The Labute approximate surface area is 217 Å². The minimum atomic E-state index is -0.846. The molecule has 0 N–H and O–H groups in total. The molecule has 2 aliphatic rings. The molecule has 2 aromatic carbocycles. The van der Waals surface area contributed by atoms with Crippen molar-refractivity contribution in [3.8, 4) is 0 Å². The Morgan fingerprint density at radius 3 is 2.26 bits per heavy atom. The maximum absolute atomic E-state index is 13.9. The van der Waals surface area contributed by atoms with Gasteiger partial charge in [-0.25, -0.2) is 4.79 Å². The zero-order valence-corrected chi connectivity index (χ0v) is 22.3. The second kappa shape index (κ2) is 10.4. The van der Waals surface area contributed by atoms with E-state index in [1.54, 1.807) is 18.2 Å². The van der Waals surface area contributed by atoms with Crippen molar-refractivity contribution in [3.63, 3.8) is 0 Å². The lowest BCUT2D eigenvalue weighted by Crippen LogP contribution is -2.50. The maximum atomic E-state index is 13.9. The number of halogens is 2. The second-order valence-corrected chi connectivity index (χ2v) is 10.9. The van der Waals surface area contributed by atoms with Gasteiger partial charge in [0.1, 0.15) is 0 Å². The highest BCUT2D eigenvalue weighted by Crippen LogP contribution is 2.36. The molecule has 0 aromatic heterocycles. The predicted octanol–water partition coefficient (Wildman–Crippen LogP) is 4.96. The molecular weight excluding hydrogens is 485 g/mol. The summed E-state index contributed by atoms with van der Waals surface area (Å²) in [5.41, 5.74) is 2.24. The normalized spacial score (nSPS) is 20.7. The van der Waals surface area contributed by atoms with Crippen LogP contribution in [-0.2, 0) is 14.9 Å². The zero-order chi connectivity index (χ0) is 25.3. The van der Waals surface area contributed by atoms with E-state index >= 15 is 0 Å². The molecule has 188 valence electrons. The van der Waals surface area contributed by atoms with Crippen molar-refractivity contribution in [1.29, 1.82) is 0 Å². The Morgan fingerprint density at radius 2 is 1.63 bits per heavy atom. The summed E-state index contributed by atoms with van der Waals surface area (Å²) >= 11 is 12.5. The van der Waals surface area contributed by atoms with Crippen molar-refractivity contribution >= 4 is 35.1 Å². The number of carbonyl (C=O) groups excluding carboxylic acids is 2. The number of aryl methyl sites for hydroxylation is 1. The average Bonchev–Trinajstić information content (AvgIpc) is 3.28. The molecule has 6 nitrogen and oxygen atoms in total. The van der Waals surface area contributed by atoms with Gasteiger partial charge < -0.3 is 19.4 Å². The molecular formula is C27H33Cl2N3O3. The highest BCUT2D eigenvalue weighted by Gasteiger charge is 2.44. The molecule has 2 aromatic rings. The molecule has 3 amide bonds. The Balaban J connectivity index is 1.64. The van der Waals surface area contributed by atoms with Gasteiger partial charge in [0.15, 0.2) is 0 Å². The molecule has 0 bridgehead atoms. The Kier molecular flexibility index (Phi) is 7.65. The van der Waals surface area contributed by atoms with Crippen LogP contribution in [0.2, 0.25) is 10.0 Å². The van der Waals surface area contributed by atoms with E-state index in [1.807, 2.05) is 47.7 Å². The minimum absolute atomic E-state index is 0.00823. The van der Waals surface area contributed by atoms with Crippen LogP contribution in [0.4, 0.5) is 4.79 Å². The number of morpholine rings is 1. The molecule has 0 saturated carbocycles. The summed E-state index contributed by atoms with van der Waals surface area (Å²) in [7, 11) is 1.84. The standard InChI is InChI=1S/C27H33Cl2N3O3/c1-18-7-5-6-8-22(18)23-16-32(26(34)31-9-11-35-12-10-31)17-24(23)30(4)25(33)27(2,3)19-13-20(28)15-21(29)14-19/h5-8,13-15,23-24H,9-12,16-17H2,1-4H3/t23-,24+/m0/s1. The van der Waals surface area contributed by atoms with Crippen molar-refractivity contribution in [3.05, 3.63) is 69.2 Å². The van der Waals surface area contributed by atoms with E-state index in [0.29, 0.717) is 49.4 Å². The third kappa shape index (κ3) is 5.30. The lowest BCUT2D eigenvalue weighted by atomic mass is 9.82. The summed E-state index contributed by atoms with van der Waals surface area (Å²) in [6.07, 6.45) is 0. The Hall–Kier alpha value is -2.28. The van der Waals surface area contributed by atoms with Gasteiger partial charge in [0.05, 0.1) is 24.7 Å². The fourth-order valence-electron chi connectivity index (χ4n) is 5.23. The van der Waals surface area contributed by atoms with Crippen molar-refractivity contribution in [2.75, 3.05) is 46.4 Å². The van der Waals surface area contributed by atoms with Crippen LogP contribution in [0.25, 0.3) is 0 Å². The third-order valence-electron chi connectivity index (χ3n) is 7.37. The van der Waals surface area contributed by atoms with Gasteiger partial charge in [-0.2, -0.15) is 0 Å². The van der Waals surface area contributed by atoms with Crippen LogP contribution < -0.4 is 0 Å². The van der Waals surface area contributed by atoms with Crippen molar-refractivity contribution < 1.29 is 14.3 Å². The SMILES string of the molecule is Cc1ccccc1[C@@H]1CN(C(=O)N2CCOCC2)C[C@H]1N(C)C(=O)C(C)(C)c1cc(Cl)cc(Cl)c1. The first kappa shape index (κ1) is 25.8. The van der Waals surface area contributed by atoms with Crippen LogP contribution in [0, 0.1) is 6.92 Å². The molecule has 4 rings (SSSR count). The molecule has 35 heavy (non-hydrogen) atoms. The van der Waals surface area contributed by atoms with E-state index in [1.165, 1.54) is 0 Å². The number of likely N-dealkylation sites (N-methyl/N-ethyl adjacent to an activating group) is 1. The average molecular weight is 518 g/mol. The molecule has 2 atom stereocenters. The fourth-order valence-corrected chi connectivity index (χ4v) is 5.75. The molecule has 2 heterocycles. The number of hydrogen-bond acceptors (Lipinski definition) is 3. The maximum Gasteiger partial charge on any atom is 0.320 e. The molecule has 2 saturated heterocycles. The zero-order valence-electron chi connectivity index (χ0n) is 20.8. The highest BCUT2D eigenvalue weighted by molar-refractivity contribution is 6.34. The van der Waals surface area contributed by atoms with Crippen LogP contribution in [-0.4, -0.2) is 79.1 Å². The summed E-state index contributed by atoms with van der Waals surface area (Å²) in [4.78, 5) is 32.8. The van der Waals surface area contributed by atoms with Gasteiger partial charge in [-0.1, -0.05) is 47.5 Å². The number of carbonyl (C=O) groups is 2. The summed E-state index contributed by atoms with van der Waals surface area (Å²) in [5.74, 6) is -0.0334. The monoisotopic (exact) mass is 517 g/mol.